The summed E-state index contributed by atoms with van der Waals surface area (Å²) in [6.45, 7) is 7.85. The lowest BCUT2D eigenvalue weighted by atomic mass is 10.1. The highest BCUT2D eigenvalue weighted by atomic mass is 19.1. The van der Waals surface area contributed by atoms with Gasteiger partial charge in [0.25, 0.3) is 0 Å². The Bertz CT molecular complexity index is 479. The second-order valence-electron chi connectivity index (χ2n) is 4.69. The van der Waals surface area contributed by atoms with Gasteiger partial charge in [0.05, 0.1) is 13.2 Å². The lowest BCUT2D eigenvalue weighted by Gasteiger charge is -2.20. The molecule has 0 saturated carbocycles. The normalized spacial score (nSPS) is 10.5. The fourth-order valence-corrected chi connectivity index (χ4v) is 1.98. The molecule has 0 aliphatic carbocycles. The molecule has 0 aliphatic rings. The molecule has 1 N–H and O–H groups in total. The van der Waals surface area contributed by atoms with E-state index >= 15 is 0 Å². The molecule has 0 radical (unpaired) electrons. The van der Waals surface area contributed by atoms with Crippen LogP contribution in [0.4, 0.5) is 4.39 Å². The van der Waals surface area contributed by atoms with Crippen LogP contribution in [-0.2, 0) is 11.3 Å². The predicted molar refractivity (Wildman–Crippen MR) is 82.4 cm³/mol. The molecule has 3 nitrogen and oxygen atoms in total. The molecule has 0 heterocycles. The molecule has 0 aliphatic heterocycles. The average molecular weight is 293 g/mol. The number of aliphatic hydroxyl groups excluding tert-OH is 1. The highest BCUT2D eigenvalue weighted by Gasteiger charge is 2.06. The van der Waals surface area contributed by atoms with Gasteiger partial charge in [0.2, 0.25) is 0 Å². The van der Waals surface area contributed by atoms with E-state index in [1.165, 1.54) is 6.07 Å². The molecule has 1 rings (SSSR count). The molecule has 1 aromatic carbocycles. The Morgan fingerprint density at radius 2 is 2.10 bits per heavy atom. The molecule has 0 fully saturated rings. The number of likely N-dealkylation sites (N-methyl/N-ethyl adjacent to an activating group) is 1. The van der Waals surface area contributed by atoms with Crippen LogP contribution in [0, 0.1) is 17.7 Å². The quantitative estimate of drug-likeness (QED) is 0.590. The summed E-state index contributed by atoms with van der Waals surface area (Å²) in [5.41, 5.74) is 1.56. The molecule has 0 bridgehead atoms. The number of ether oxygens (including phenoxy) is 1. The third kappa shape index (κ3) is 7.24. The lowest BCUT2D eigenvalue weighted by Crippen LogP contribution is -2.27. The van der Waals surface area contributed by atoms with Crippen LogP contribution in [0.25, 0.3) is 0 Å². The molecular weight excluding hydrogens is 269 g/mol. The van der Waals surface area contributed by atoms with Crippen molar-refractivity contribution in [2.24, 2.45) is 0 Å². The zero-order chi connectivity index (χ0) is 15.5. The van der Waals surface area contributed by atoms with Crippen molar-refractivity contribution in [3.8, 4) is 11.8 Å². The summed E-state index contributed by atoms with van der Waals surface area (Å²) < 4.78 is 19.0. The van der Waals surface area contributed by atoms with Gasteiger partial charge in [-0.25, -0.2) is 4.39 Å². The molecule has 21 heavy (non-hydrogen) atoms. The van der Waals surface area contributed by atoms with Crippen LogP contribution >= 0.6 is 0 Å². The van der Waals surface area contributed by atoms with Crippen molar-refractivity contribution >= 4 is 0 Å². The van der Waals surface area contributed by atoms with Crippen LogP contribution in [0.3, 0.4) is 0 Å². The van der Waals surface area contributed by atoms with Crippen molar-refractivity contribution in [1.29, 1.82) is 0 Å². The van der Waals surface area contributed by atoms with Crippen molar-refractivity contribution in [3.63, 3.8) is 0 Å². The third-order valence-electron chi connectivity index (χ3n) is 3.04. The summed E-state index contributed by atoms with van der Waals surface area (Å²) in [4.78, 5) is 2.20. The van der Waals surface area contributed by atoms with E-state index in [0.29, 0.717) is 31.7 Å². The third-order valence-corrected chi connectivity index (χ3v) is 3.04. The summed E-state index contributed by atoms with van der Waals surface area (Å²) in [5, 5.41) is 8.71. The maximum absolute atomic E-state index is 13.6. The minimum Gasteiger partial charge on any atom is -0.395 e. The minimum absolute atomic E-state index is 0.0240. The largest absolute Gasteiger partial charge is 0.395 e. The van der Waals surface area contributed by atoms with Crippen LogP contribution in [0.2, 0.25) is 0 Å². The second kappa shape index (κ2) is 10.3. The van der Waals surface area contributed by atoms with Gasteiger partial charge in [-0.05, 0) is 37.2 Å². The molecule has 0 unspecified atom stereocenters. The lowest BCUT2D eigenvalue weighted by molar-refractivity contribution is 0.113. The Balaban J connectivity index is 2.71. The van der Waals surface area contributed by atoms with Crippen LogP contribution < -0.4 is 0 Å². The summed E-state index contributed by atoms with van der Waals surface area (Å²) in [6.07, 6.45) is 0.404. The Kier molecular flexibility index (Phi) is 8.68. The van der Waals surface area contributed by atoms with E-state index in [0.717, 1.165) is 18.7 Å². The highest BCUT2D eigenvalue weighted by molar-refractivity contribution is 5.37. The molecule has 0 spiro atoms. The van der Waals surface area contributed by atoms with Crippen molar-refractivity contribution < 1.29 is 14.2 Å². The molecule has 0 saturated heterocycles. The van der Waals surface area contributed by atoms with E-state index in [9.17, 15) is 4.39 Å². The summed E-state index contributed by atoms with van der Waals surface area (Å²) >= 11 is 0. The van der Waals surface area contributed by atoms with E-state index in [4.69, 9.17) is 9.84 Å². The number of nitrogens with zero attached hydrogens (tertiary/aromatic N) is 1. The van der Waals surface area contributed by atoms with E-state index in [-0.39, 0.29) is 12.4 Å². The Morgan fingerprint density at radius 3 is 2.76 bits per heavy atom. The SMILES string of the molecule is CCOCCN(CC)Cc1cc(F)cc(C#CCCO)c1. The number of hydrogen-bond acceptors (Lipinski definition) is 3. The maximum atomic E-state index is 13.6. The topological polar surface area (TPSA) is 32.7 Å². The van der Waals surface area contributed by atoms with Gasteiger partial charge in [0.15, 0.2) is 0 Å². The van der Waals surface area contributed by atoms with Crippen molar-refractivity contribution in [3.05, 3.63) is 35.1 Å². The van der Waals surface area contributed by atoms with E-state index in [2.05, 4.69) is 23.7 Å². The van der Waals surface area contributed by atoms with E-state index in [1.807, 2.05) is 13.0 Å². The van der Waals surface area contributed by atoms with Gasteiger partial charge in [0, 0.05) is 31.7 Å². The minimum atomic E-state index is -0.276. The number of rotatable bonds is 8. The highest BCUT2D eigenvalue weighted by Crippen LogP contribution is 2.11. The van der Waals surface area contributed by atoms with Gasteiger partial charge < -0.3 is 9.84 Å². The van der Waals surface area contributed by atoms with Gasteiger partial charge in [-0.3, -0.25) is 4.90 Å². The maximum Gasteiger partial charge on any atom is 0.124 e. The first-order chi connectivity index (χ1) is 10.2. The van der Waals surface area contributed by atoms with Gasteiger partial charge in [-0.15, -0.1) is 0 Å². The van der Waals surface area contributed by atoms with E-state index in [1.54, 1.807) is 6.07 Å². The summed E-state index contributed by atoms with van der Waals surface area (Å²) in [5.74, 6) is 5.42. The Morgan fingerprint density at radius 1 is 1.29 bits per heavy atom. The molecule has 116 valence electrons. The van der Waals surface area contributed by atoms with E-state index < -0.39 is 0 Å². The molecule has 0 amide bonds. The summed E-state index contributed by atoms with van der Waals surface area (Å²) in [6, 6.07) is 4.86. The number of aliphatic hydroxyl groups is 1. The Hall–Kier alpha value is -1.41. The number of hydrogen-bond donors (Lipinski definition) is 1. The first kappa shape index (κ1) is 17.6. The molecule has 0 aromatic heterocycles. The molecule has 4 heteroatoms. The molecular formula is C17H24FNO2. The van der Waals surface area contributed by atoms with Crippen molar-refractivity contribution in [2.75, 3.05) is 32.9 Å². The first-order valence-electron chi connectivity index (χ1n) is 7.38. The fraction of sp³-hybridized carbons (Fsp3) is 0.529. The zero-order valence-electron chi connectivity index (χ0n) is 12.9. The Labute approximate surface area is 126 Å². The molecule has 1 aromatic rings. The summed E-state index contributed by atoms with van der Waals surface area (Å²) in [7, 11) is 0. The van der Waals surface area contributed by atoms with Gasteiger partial charge >= 0.3 is 0 Å². The van der Waals surface area contributed by atoms with Gasteiger partial charge in [-0.1, -0.05) is 18.8 Å². The standard InChI is InChI=1S/C17H24FNO2/c1-3-19(8-10-21-4-2)14-16-11-15(7-5-6-9-20)12-17(18)13-16/h11-13,20H,3-4,6,8-10,14H2,1-2H3. The van der Waals surface area contributed by atoms with Crippen LogP contribution in [0.1, 0.15) is 31.4 Å². The number of halogens is 1. The van der Waals surface area contributed by atoms with Gasteiger partial charge in [-0.2, -0.15) is 0 Å². The second-order valence-corrected chi connectivity index (χ2v) is 4.69. The first-order valence-corrected chi connectivity index (χ1v) is 7.38. The zero-order valence-corrected chi connectivity index (χ0v) is 12.9. The molecule has 0 atom stereocenters. The predicted octanol–water partition coefficient (Wildman–Crippen LogP) is 2.42. The number of benzene rings is 1. The van der Waals surface area contributed by atoms with Crippen LogP contribution in [-0.4, -0.2) is 42.9 Å². The monoisotopic (exact) mass is 293 g/mol. The van der Waals surface area contributed by atoms with Gasteiger partial charge in [0.1, 0.15) is 5.82 Å². The van der Waals surface area contributed by atoms with Crippen molar-refractivity contribution in [2.45, 2.75) is 26.8 Å². The van der Waals surface area contributed by atoms with Crippen LogP contribution in [0.5, 0.6) is 0 Å². The smallest absolute Gasteiger partial charge is 0.124 e. The van der Waals surface area contributed by atoms with Crippen molar-refractivity contribution in [1.82, 2.24) is 4.90 Å². The average Bonchev–Trinajstić information content (AvgIpc) is 2.46. The van der Waals surface area contributed by atoms with Crippen LogP contribution in [0.15, 0.2) is 18.2 Å². The fourth-order valence-electron chi connectivity index (χ4n) is 1.98.